The summed E-state index contributed by atoms with van der Waals surface area (Å²) in [5.74, 6) is -2.31. The van der Waals surface area contributed by atoms with Gasteiger partial charge in [-0.25, -0.2) is 8.78 Å². The highest BCUT2D eigenvalue weighted by atomic mass is 79.9. The van der Waals surface area contributed by atoms with Crippen molar-refractivity contribution in [1.29, 1.82) is 0 Å². The maximum atomic E-state index is 13.5. The van der Waals surface area contributed by atoms with Crippen molar-refractivity contribution in [3.63, 3.8) is 0 Å². The molecule has 0 aliphatic heterocycles. The summed E-state index contributed by atoms with van der Waals surface area (Å²) in [5.41, 5.74) is 1.57. The third-order valence-electron chi connectivity index (χ3n) is 2.85. The second-order valence-corrected chi connectivity index (χ2v) is 5.31. The molecule has 20 heavy (non-hydrogen) atoms. The smallest absolute Gasteiger partial charge is 0.228 e. The van der Waals surface area contributed by atoms with Crippen LogP contribution in [0.1, 0.15) is 11.1 Å². The van der Waals surface area contributed by atoms with Gasteiger partial charge in [-0.2, -0.15) is 0 Å². The van der Waals surface area contributed by atoms with Crippen LogP contribution in [0.4, 0.5) is 14.5 Å². The number of carbonyl (C=O) groups excluding carboxylic acids is 1. The number of aryl methyl sites for hydroxylation is 1. The van der Waals surface area contributed by atoms with E-state index < -0.39 is 11.6 Å². The summed E-state index contributed by atoms with van der Waals surface area (Å²) in [7, 11) is 0. The Bertz CT molecular complexity index is 658. The molecule has 2 nitrogen and oxygen atoms in total. The van der Waals surface area contributed by atoms with E-state index in [4.69, 9.17) is 0 Å². The van der Waals surface area contributed by atoms with E-state index in [9.17, 15) is 13.6 Å². The molecule has 2 aromatic carbocycles. The lowest BCUT2D eigenvalue weighted by molar-refractivity contribution is -0.115. The molecule has 0 atom stereocenters. The average Bonchev–Trinajstić information content (AvgIpc) is 2.38. The molecular formula is C15H12BrF2NO. The van der Waals surface area contributed by atoms with Crippen molar-refractivity contribution in [3.05, 3.63) is 63.6 Å². The first-order valence-corrected chi connectivity index (χ1v) is 6.75. The molecule has 0 fully saturated rings. The van der Waals surface area contributed by atoms with Crippen LogP contribution < -0.4 is 5.32 Å². The fraction of sp³-hybridized carbons (Fsp3) is 0.133. The van der Waals surface area contributed by atoms with Crippen LogP contribution in [0.15, 0.2) is 40.9 Å². The summed E-state index contributed by atoms with van der Waals surface area (Å²) < 4.78 is 27.4. The van der Waals surface area contributed by atoms with Crippen molar-refractivity contribution in [1.82, 2.24) is 0 Å². The zero-order valence-electron chi connectivity index (χ0n) is 10.7. The topological polar surface area (TPSA) is 29.1 Å². The fourth-order valence-corrected chi connectivity index (χ4v) is 2.30. The summed E-state index contributed by atoms with van der Waals surface area (Å²) in [5, 5.41) is 2.68. The summed E-state index contributed by atoms with van der Waals surface area (Å²) in [4.78, 5) is 11.9. The van der Waals surface area contributed by atoms with Crippen molar-refractivity contribution < 1.29 is 13.6 Å². The number of halogens is 3. The molecule has 0 aliphatic rings. The molecule has 0 heterocycles. The Kier molecular flexibility index (Phi) is 4.49. The van der Waals surface area contributed by atoms with Crippen molar-refractivity contribution in [2.45, 2.75) is 13.3 Å². The molecular weight excluding hydrogens is 328 g/mol. The quantitative estimate of drug-likeness (QED) is 0.891. The van der Waals surface area contributed by atoms with Crippen LogP contribution >= 0.6 is 15.9 Å². The minimum absolute atomic E-state index is 0.0391. The molecule has 5 heteroatoms. The highest BCUT2D eigenvalue weighted by Gasteiger charge is 2.12. The monoisotopic (exact) mass is 339 g/mol. The largest absolute Gasteiger partial charge is 0.326 e. The van der Waals surface area contributed by atoms with Gasteiger partial charge in [0.15, 0.2) is 11.6 Å². The Balaban J connectivity index is 2.11. The maximum absolute atomic E-state index is 13.5. The first kappa shape index (κ1) is 14.7. The number of anilines is 1. The predicted molar refractivity (Wildman–Crippen MR) is 77.6 cm³/mol. The molecule has 2 aromatic rings. The van der Waals surface area contributed by atoms with Crippen molar-refractivity contribution in [3.8, 4) is 0 Å². The van der Waals surface area contributed by atoms with Gasteiger partial charge in [0.1, 0.15) is 0 Å². The number of benzene rings is 2. The minimum atomic E-state index is -0.977. The van der Waals surface area contributed by atoms with E-state index in [0.717, 1.165) is 16.1 Å². The normalized spacial score (nSPS) is 10.4. The van der Waals surface area contributed by atoms with E-state index in [1.54, 1.807) is 12.1 Å². The molecule has 0 bridgehead atoms. The Morgan fingerprint density at radius 1 is 1.25 bits per heavy atom. The molecule has 1 amide bonds. The van der Waals surface area contributed by atoms with Gasteiger partial charge >= 0.3 is 0 Å². The number of hydrogen-bond acceptors (Lipinski definition) is 1. The summed E-state index contributed by atoms with van der Waals surface area (Å²) in [6.45, 7) is 1.85. The highest BCUT2D eigenvalue weighted by Crippen LogP contribution is 2.20. The van der Waals surface area contributed by atoms with Crippen molar-refractivity contribution >= 4 is 27.5 Å². The number of nitrogens with one attached hydrogen (secondary N) is 1. The van der Waals surface area contributed by atoms with E-state index in [0.29, 0.717) is 5.69 Å². The van der Waals surface area contributed by atoms with Gasteiger partial charge in [-0.3, -0.25) is 4.79 Å². The van der Waals surface area contributed by atoms with Gasteiger partial charge < -0.3 is 5.32 Å². The lowest BCUT2D eigenvalue weighted by Crippen LogP contribution is -2.16. The van der Waals surface area contributed by atoms with Crippen molar-refractivity contribution in [2.75, 3.05) is 5.32 Å². The standard InChI is InChI=1S/C15H12BrF2NO/c1-9-7-11(16)5-6-13(9)19-14(20)8-10-3-2-4-12(17)15(10)18/h2-7H,8H2,1H3,(H,19,20). The van der Waals surface area contributed by atoms with E-state index in [1.165, 1.54) is 12.1 Å². The highest BCUT2D eigenvalue weighted by molar-refractivity contribution is 9.10. The van der Waals surface area contributed by atoms with Gasteiger partial charge in [0.25, 0.3) is 0 Å². The Morgan fingerprint density at radius 3 is 2.70 bits per heavy atom. The molecule has 0 saturated heterocycles. The molecule has 0 saturated carbocycles. The lowest BCUT2D eigenvalue weighted by atomic mass is 10.1. The second kappa shape index (κ2) is 6.13. The summed E-state index contributed by atoms with van der Waals surface area (Å²) in [6, 6.07) is 9.21. The third-order valence-corrected chi connectivity index (χ3v) is 3.34. The van der Waals surface area contributed by atoms with Crippen LogP contribution in [0.2, 0.25) is 0 Å². The number of hydrogen-bond donors (Lipinski definition) is 1. The average molecular weight is 340 g/mol. The van der Waals surface area contributed by atoms with Gasteiger partial charge in [0.2, 0.25) is 5.91 Å². The summed E-state index contributed by atoms with van der Waals surface area (Å²) >= 11 is 3.33. The molecule has 1 N–H and O–H groups in total. The fourth-order valence-electron chi connectivity index (χ4n) is 1.82. The Morgan fingerprint density at radius 2 is 2.00 bits per heavy atom. The zero-order valence-corrected chi connectivity index (χ0v) is 12.3. The molecule has 104 valence electrons. The first-order valence-electron chi connectivity index (χ1n) is 5.96. The van der Waals surface area contributed by atoms with Crippen LogP contribution in [0.25, 0.3) is 0 Å². The van der Waals surface area contributed by atoms with Crippen LogP contribution in [0.5, 0.6) is 0 Å². The molecule has 2 rings (SSSR count). The van der Waals surface area contributed by atoms with Crippen molar-refractivity contribution in [2.24, 2.45) is 0 Å². The van der Waals surface area contributed by atoms with Crippen LogP contribution in [0.3, 0.4) is 0 Å². The van der Waals surface area contributed by atoms with E-state index >= 15 is 0 Å². The number of carbonyl (C=O) groups is 1. The Labute approximate surface area is 123 Å². The van der Waals surface area contributed by atoms with Gasteiger partial charge in [-0.1, -0.05) is 28.1 Å². The van der Waals surface area contributed by atoms with E-state index in [1.807, 2.05) is 13.0 Å². The predicted octanol–water partition coefficient (Wildman–Crippen LogP) is 4.22. The van der Waals surface area contributed by atoms with Crippen LogP contribution in [0, 0.1) is 18.6 Å². The number of rotatable bonds is 3. The van der Waals surface area contributed by atoms with Crippen LogP contribution in [-0.2, 0) is 11.2 Å². The third kappa shape index (κ3) is 3.42. The SMILES string of the molecule is Cc1cc(Br)ccc1NC(=O)Cc1cccc(F)c1F. The summed E-state index contributed by atoms with van der Waals surface area (Å²) in [6.07, 6.45) is -0.209. The molecule has 0 aliphatic carbocycles. The van der Waals surface area contributed by atoms with Gasteiger partial charge in [-0.15, -0.1) is 0 Å². The minimum Gasteiger partial charge on any atom is -0.326 e. The molecule has 0 spiro atoms. The van der Waals surface area contributed by atoms with Gasteiger partial charge in [0, 0.05) is 15.7 Å². The number of amides is 1. The second-order valence-electron chi connectivity index (χ2n) is 4.40. The van der Waals surface area contributed by atoms with Gasteiger partial charge in [-0.05, 0) is 36.8 Å². The molecule has 0 unspecified atom stereocenters. The Hall–Kier alpha value is -1.75. The van der Waals surface area contributed by atoms with Gasteiger partial charge in [0.05, 0.1) is 6.42 Å². The van der Waals surface area contributed by atoms with E-state index in [2.05, 4.69) is 21.2 Å². The first-order chi connectivity index (χ1) is 9.47. The maximum Gasteiger partial charge on any atom is 0.228 e. The zero-order chi connectivity index (χ0) is 14.7. The molecule has 0 aromatic heterocycles. The molecule has 0 radical (unpaired) electrons. The van der Waals surface area contributed by atoms with Crippen LogP contribution in [-0.4, -0.2) is 5.91 Å². The van der Waals surface area contributed by atoms with E-state index in [-0.39, 0.29) is 17.9 Å². The lowest BCUT2D eigenvalue weighted by Gasteiger charge is -2.09.